The van der Waals surface area contributed by atoms with E-state index in [0.717, 1.165) is 12.0 Å². The van der Waals surface area contributed by atoms with E-state index in [1.807, 2.05) is 6.92 Å². The van der Waals surface area contributed by atoms with Gasteiger partial charge in [0.2, 0.25) is 0 Å². The van der Waals surface area contributed by atoms with Crippen molar-refractivity contribution in [3.05, 3.63) is 35.6 Å². The third kappa shape index (κ3) is 3.05. The summed E-state index contributed by atoms with van der Waals surface area (Å²) in [4.78, 5) is 0. The van der Waals surface area contributed by atoms with Crippen LogP contribution >= 0.6 is 0 Å². The molecule has 0 amide bonds. The molecule has 0 spiro atoms. The molecule has 88 valence electrons. The average Bonchev–Trinajstić information content (AvgIpc) is 2.16. The number of halogens is 1. The highest BCUT2D eigenvalue weighted by atomic mass is 19.1. The first-order valence-corrected chi connectivity index (χ1v) is 6.02. The van der Waals surface area contributed by atoms with Crippen LogP contribution in [-0.2, 0) is 6.42 Å². The maximum atomic E-state index is 12.7. The van der Waals surface area contributed by atoms with E-state index in [0.29, 0.717) is 12.3 Å². The van der Waals surface area contributed by atoms with Crippen molar-refractivity contribution in [3.8, 4) is 0 Å². The molecular formula is C14H19FO. The molecule has 1 aromatic rings. The van der Waals surface area contributed by atoms with Crippen molar-refractivity contribution < 1.29 is 9.50 Å². The fourth-order valence-electron chi connectivity index (χ4n) is 2.43. The lowest BCUT2D eigenvalue weighted by Gasteiger charge is -2.33. The minimum Gasteiger partial charge on any atom is -0.390 e. The Hall–Kier alpha value is -0.890. The van der Waals surface area contributed by atoms with Crippen LogP contribution in [0.2, 0.25) is 0 Å². The van der Waals surface area contributed by atoms with Gasteiger partial charge >= 0.3 is 0 Å². The Labute approximate surface area is 96.3 Å². The van der Waals surface area contributed by atoms with E-state index in [1.165, 1.54) is 31.4 Å². The zero-order valence-electron chi connectivity index (χ0n) is 9.75. The van der Waals surface area contributed by atoms with Crippen LogP contribution < -0.4 is 0 Å². The van der Waals surface area contributed by atoms with Crippen molar-refractivity contribution in [2.24, 2.45) is 5.92 Å². The summed E-state index contributed by atoms with van der Waals surface area (Å²) in [7, 11) is 0. The Morgan fingerprint density at radius 2 is 1.94 bits per heavy atom. The molecule has 16 heavy (non-hydrogen) atoms. The van der Waals surface area contributed by atoms with Crippen molar-refractivity contribution in [1.29, 1.82) is 0 Å². The monoisotopic (exact) mass is 222 g/mol. The lowest BCUT2D eigenvalue weighted by atomic mass is 9.76. The van der Waals surface area contributed by atoms with Crippen LogP contribution in [0.25, 0.3) is 0 Å². The van der Waals surface area contributed by atoms with E-state index in [1.54, 1.807) is 12.1 Å². The number of rotatable bonds is 4. The second kappa shape index (κ2) is 4.54. The van der Waals surface area contributed by atoms with Gasteiger partial charge in [-0.3, -0.25) is 0 Å². The third-order valence-electron chi connectivity index (χ3n) is 3.45. The van der Waals surface area contributed by atoms with Crippen LogP contribution in [0.5, 0.6) is 0 Å². The first kappa shape index (κ1) is 11.6. The van der Waals surface area contributed by atoms with Crippen molar-refractivity contribution >= 4 is 0 Å². The maximum Gasteiger partial charge on any atom is 0.123 e. The molecule has 0 bridgehead atoms. The summed E-state index contributed by atoms with van der Waals surface area (Å²) < 4.78 is 12.7. The summed E-state index contributed by atoms with van der Waals surface area (Å²) in [6.07, 6.45) is 5.28. The van der Waals surface area contributed by atoms with Crippen LogP contribution in [0.15, 0.2) is 24.3 Å². The van der Waals surface area contributed by atoms with Gasteiger partial charge in [-0.2, -0.15) is 0 Å². The van der Waals surface area contributed by atoms with E-state index in [2.05, 4.69) is 0 Å². The molecular weight excluding hydrogens is 203 g/mol. The summed E-state index contributed by atoms with van der Waals surface area (Å²) >= 11 is 0. The maximum absolute atomic E-state index is 12.7. The van der Waals surface area contributed by atoms with Crippen LogP contribution in [0.1, 0.15) is 38.2 Å². The SMILES string of the molecule is CC(O)(Cc1ccc(F)cc1)CC1CCC1. The highest BCUT2D eigenvalue weighted by Gasteiger charge is 2.28. The number of hydrogen-bond acceptors (Lipinski definition) is 1. The molecule has 1 fully saturated rings. The predicted molar refractivity (Wildman–Crippen MR) is 62.7 cm³/mol. The average molecular weight is 222 g/mol. The summed E-state index contributed by atoms with van der Waals surface area (Å²) in [6, 6.07) is 6.42. The molecule has 1 N–H and O–H groups in total. The molecule has 1 aliphatic rings. The molecule has 0 saturated heterocycles. The predicted octanol–water partition coefficient (Wildman–Crippen LogP) is 3.31. The molecule has 0 aromatic heterocycles. The van der Waals surface area contributed by atoms with Gasteiger partial charge in [0.15, 0.2) is 0 Å². The Kier molecular flexibility index (Phi) is 3.29. The van der Waals surface area contributed by atoms with E-state index in [-0.39, 0.29) is 5.82 Å². The molecule has 1 saturated carbocycles. The van der Waals surface area contributed by atoms with Crippen molar-refractivity contribution in [2.45, 2.75) is 44.6 Å². The smallest absolute Gasteiger partial charge is 0.123 e. The Bertz CT molecular complexity index is 338. The summed E-state index contributed by atoms with van der Waals surface area (Å²) in [5, 5.41) is 10.3. The van der Waals surface area contributed by atoms with Crippen molar-refractivity contribution in [2.75, 3.05) is 0 Å². The Balaban J connectivity index is 1.93. The van der Waals surface area contributed by atoms with E-state index < -0.39 is 5.60 Å². The van der Waals surface area contributed by atoms with Crippen molar-refractivity contribution in [3.63, 3.8) is 0 Å². The standard InChI is InChI=1S/C14H19FO/c1-14(16,9-11-3-2-4-11)10-12-5-7-13(15)8-6-12/h5-8,11,16H,2-4,9-10H2,1H3. The van der Waals surface area contributed by atoms with E-state index in [4.69, 9.17) is 0 Å². The van der Waals surface area contributed by atoms with Crippen LogP contribution in [0.3, 0.4) is 0 Å². The van der Waals surface area contributed by atoms with Gasteiger partial charge in [0.25, 0.3) is 0 Å². The molecule has 2 heteroatoms. The minimum atomic E-state index is -0.650. The molecule has 1 aliphatic carbocycles. The zero-order valence-corrected chi connectivity index (χ0v) is 9.75. The first-order valence-electron chi connectivity index (χ1n) is 6.02. The van der Waals surface area contributed by atoms with Gasteiger partial charge in [-0.05, 0) is 37.0 Å². The highest BCUT2D eigenvalue weighted by molar-refractivity contribution is 5.18. The molecule has 0 heterocycles. The van der Waals surface area contributed by atoms with Gasteiger partial charge in [0, 0.05) is 6.42 Å². The van der Waals surface area contributed by atoms with Crippen molar-refractivity contribution in [1.82, 2.24) is 0 Å². The van der Waals surface area contributed by atoms with Gasteiger partial charge in [-0.25, -0.2) is 4.39 Å². The van der Waals surface area contributed by atoms with Gasteiger partial charge < -0.3 is 5.11 Å². The molecule has 0 aliphatic heterocycles. The fraction of sp³-hybridized carbons (Fsp3) is 0.571. The molecule has 2 rings (SSSR count). The molecule has 0 radical (unpaired) electrons. The molecule has 1 aromatic carbocycles. The second-order valence-electron chi connectivity index (χ2n) is 5.30. The Morgan fingerprint density at radius 3 is 2.44 bits per heavy atom. The van der Waals surface area contributed by atoms with Gasteiger partial charge in [-0.15, -0.1) is 0 Å². The lowest BCUT2D eigenvalue weighted by molar-refractivity contribution is 0.0204. The lowest BCUT2D eigenvalue weighted by Crippen LogP contribution is -2.32. The molecule has 1 atom stereocenters. The summed E-state index contributed by atoms with van der Waals surface area (Å²) in [5.41, 5.74) is 0.355. The van der Waals surface area contributed by atoms with Gasteiger partial charge in [-0.1, -0.05) is 31.4 Å². The van der Waals surface area contributed by atoms with Gasteiger partial charge in [0.1, 0.15) is 5.82 Å². The van der Waals surface area contributed by atoms with E-state index in [9.17, 15) is 9.50 Å². The molecule has 1 nitrogen and oxygen atoms in total. The first-order chi connectivity index (χ1) is 7.55. The Morgan fingerprint density at radius 1 is 1.31 bits per heavy atom. The fourth-order valence-corrected chi connectivity index (χ4v) is 2.43. The second-order valence-corrected chi connectivity index (χ2v) is 5.30. The van der Waals surface area contributed by atoms with Crippen LogP contribution in [-0.4, -0.2) is 10.7 Å². The van der Waals surface area contributed by atoms with Crippen LogP contribution in [0.4, 0.5) is 4.39 Å². The molecule has 1 unspecified atom stereocenters. The summed E-state index contributed by atoms with van der Waals surface area (Å²) in [5.74, 6) is 0.470. The summed E-state index contributed by atoms with van der Waals surface area (Å²) in [6.45, 7) is 1.88. The van der Waals surface area contributed by atoms with Crippen LogP contribution in [0, 0.1) is 11.7 Å². The van der Waals surface area contributed by atoms with E-state index >= 15 is 0 Å². The quantitative estimate of drug-likeness (QED) is 0.828. The largest absolute Gasteiger partial charge is 0.390 e. The number of aliphatic hydroxyl groups is 1. The minimum absolute atomic E-state index is 0.220. The topological polar surface area (TPSA) is 20.2 Å². The highest BCUT2D eigenvalue weighted by Crippen LogP contribution is 2.34. The number of benzene rings is 1. The third-order valence-corrected chi connectivity index (χ3v) is 3.45. The normalized spacial score (nSPS) is 20.2. The zero-order chi connectivity index (χ0) is 11.6. The van der Waals surface area contributed by atoms with Gasteiger partial charge in [0.05, 0.1) is 5.60 Å². The number of hydrogen-bond donors (Lipinski definition) is 1.